The summed E-state index contributed by atoms with van der Waals surface area (Å²) in [6.07, 6.45) is 3.64. The SMILES string of the molecule is CC1(C)C(Nc2ccc3c(n2)CCC3)C1(C)C. The molecule has 0 saturated heterocycles. The quantitative estimate of drug-likeness (QED) is 0.842. The number of hydrogen-bond acceptors (Lipinski definition) is 2. The molecule has 1 aromatic rings. The smallest absolute Gasteiger partial charge is 0.126 e. The van der Waals surface area contributed by atoms with Gasteiger partial charge in [0.25, 0.3) is 0 Å². The molecule has 0 radical (unpaired) electrons. The highest BCUT2D eigenvalue weighted by Crippen LogP contribution is 2.63. The summed E-state index contributed by atoms with van der Waals surface area (Å²) >= 11 is 0. The van der Waals surface area contributed by atoms with Crippen LogP contribution in [0.5, 0.6) is 0 Å². The van der Waals surface area contributed by atoms with Crippen molar-refractivity contribution in [1.82, 2.24) is 4.98 Å². The van der Waals surface area contributed by atoms with Gasteiger partial charge in [-0.05, 0) is 41.7 Å². The zero-order chi connectivity index (χ0) is 12.3. The van der Waals surface area contributed by atoms with E-state index in [1.807, 2.05) is 0 Å². The zero-order valence-electron chi connectivity index (χ0n) is 11.3. The summed E-state index contributed by atoms with van der Waals surface area (Å²) in [4.78, 5) is 4.75. The van der Waals surface area contributed by atoms with Gasteiger partial charge in [-0.25, -0.2) is 4.98 Å². The first-order valence-corrected chi connectivity index (χ1v) is 6.68. The van der Waals surface area contributed by atoms with Gasteiger partial charge in [-0.2, -0.15) is 0 Å². The standard InChI is InChI=1S/C15H22N2/c1-14(2)13(15(14,3)4)17-12-9-8-10-6-5-7-11(10)16-12/h8-9,13H,5-7H2,1-4H3,(H,16,17). The Labute approximate surface area is 104 Å². The lowest BCUT2D eigenvalue weighted by molar-refractivity contribution is 0.457. The first-order valence-electron chi connectivity index (χ1n) is 6.68. The average Bonchev–Trinajstić information content (AvgIpc) is 2.67. The van der Waals surface area contributed by atoms with Gasteiger partial charge in [-0.15, -0.1) is 0 Å². The second-order valence-electron chi connectivity index (χ2n) is 6.68. The zero-order valence-corrected chi connectivity index (χ0v) is 11.3. The minimum Gasteiger partial charge on any atom is -0.366 e. The Morgan fingerprint density at radius 1 is 1.12 bits per heavy atom. The lowest BCUT2D eigenvalue weighted by Crippen LogP contribution is -2.11. The van der Waals surface area contributed by atoms with Crippen LogP contribution in [0, 0.1) is 10.8 Å². The van der Waals surface area contributed by atoms with Crippen molar-refractivity contribution in [2.24, 2.45) is 10.8 Å². The molecule has 0 spiro atoms. The second-order valence-corrected chi connectivity index (χ2v) is 6.68. The third-order valence-corrected chi connectivity index (χ3v) is 5.24. The summed E-state index contributed by atoms with van der Waals surface area (Å²) in [7, 11) is 0. The third-order valence-electron chi connectivity index (χ3n) is 5.24. The topological polar surface area (TPSA) is 24.9 Å². The van der Waals surface area contributed by atoms with Crippen LogP contribution in [-0.2, 0) is 12.8 Å². The molecule has 0 aromatic carbocycles. The van der Waals surface area contributed by atoms with Crippen LogP contribution < -0.4 is 5.32 Å². The lowest BCUT2D eigenvalue weighted by Gasteiger charge is -2.09. The molecule has 1 heterocycles. The summed E-state index contributed by atoms with van der Waals surface area (Å²) in [6, 6.07) is 4.94. The number of nitrogens with one attached hydrogen (secondary N) is 1. The van der Waals surface area contributed by atoms with Crippen LogP contribution in [-0.4, -0.2) is 11.0 Å². The molecule has 2 aliphatic carbocycles. The molecule has 1 fully saturated rings. The number of hydrogen-bond donors (Lipinski definition) is 1. The number of fused-ring (bicyclic) bond motifs is 1. The van der Waals surface area contributed by atoms with Gasteiger partial charge >= 0.3 is 0 Å². The molecular weight excluding hydrogens is 208 g/mol. The van der Waals surface area contributed by atoms with Crippen LogP contribution in [0.3, 0.4) is 0 Å². The number of nitrogens with zero attached hydrogens (tertiary/aromatic N) is 1. The first kappa shape index (κ1) is 11.1. The minimum atomic E-state index is 0.369. The van der Waals surface area contributed by atoms with Gasteiger partial charge in [-0.3, -0.25) is 0 Å². The van der Waals surface area contributed by atoms with Gasteiger partial charge in [0.15, 0.2) is 0 Å². The highest BCUT2D eigenvalue weighted by Gasteiger charge is 2.65. The van der Waals surface area contributed by atoms with Crippen LogP contribution in [0.2, 0.25) is 0 Å². The van der Waals surface area contributed by atoms with Crippen molar-refractivity contribution in [3.05, 3.63) is 23.4 Å². The van der Waals surface area contributed by atoms with E-state index < -0.39 is 0 Å². The summed E-state index contributed by atoms with van der Waals surface area (Å²) in [6.45, 7) is 9.33. The van der Waals surface area contributed by atoms with Crippen molar-refractivity contribution in [3.8, 4) is 0 Å². The maximum atomic E-state index is 4.75. The van der Waals surface area contributed by atoms with Crippen molar-refractivity contribution < 1.29 is 0 Å². The van der Waals surface area contributed by atoms with E-state index in [1.54, 1.807) is 0 Å². The maximum Gasteiger partial charge on any atom is 0.126 e. The first-order chi connectivity index (χ1) is 7.93. The van der Waals surface area contributed by atoms with E-state index in [2.05, 4.69) is 45.1 Å². The van der Waals surface area contributed by atoms with Gasteiger partial charge in [-0.1, -0.05) is 33.8 Å². The molecule has 92 valence electrons. The van der Waals surface area contributed by atoms with Crippen LogP contribution in [0.4, 0.5) is 5.82 Å². The highest BCUT2D eigenvalue weighted by atomic mass is 15.1. The number of pyridine rings is 1. The summed E-state index contributed by atoms with van der Waals surface area (Å²) < 4.78 is 0. The predicted octanol–water partition coefficient (Wildman–Crippen LogP) is 3.42. The Morgan fingerprint density at radius 3 is 2.47 bits per heavy atom. The fourth-order valence-electron chi connectivity index (χ4n) is 3.21. The number of aromatic nitrogens is 1. The molecule has 0 bridgehead atoms. The van der Waals surface area contributed by atoms with E-state index in [0.29, 0.717) is 16.9 Å². The van der Waals surface area contributed by atoms with Crippen molar-refractivity contribution >= 4 is 5.82 Å². The van der Waals surface area contributed by atoms with E-state index in [1.165, 1.54) is 24.1 Å². The van der Waals surface area contributed by atoms with E-state index in [9.17, 15) is 0 Å². The molecule has 2 aliphatic rings. The molecular formula is C15H22N2. The number of aryl methyl sites for hydroxylation is 2. The normalized spacial score (nSPS) is 24.5. The van der Waals surface area contributed by atoms with Crippen molar-refractivity contribution in [3.63, 3.8) is 0 Å². The molecule has 2 heteroatoms. The fourth-order valence-corrected chi connectivity index (χ4v) is 3.21. The van der Waals surface area contributed by atoms with Crippen LogP contribution in [0.1, 0.15) is 45.4 Å². The largest absolute Gasteiger partial charge is 0.366 e. The molecule has 0 amide bonds. The summed E-state index contributed by atoms with van der Waals surface area (Å²) in [5.41, 5.74) is 3.50. The molecule has 0 aliphatic heterocycles. The van der Waals surface area contributed by atoms with Crippen molar-refractivity contribution in [1.29, 1.82) is 0 Å². The fraction of sp³-hybridized carbons (Fsp3) is 0.667. The maximum absolute atomic E-state index is 4.75. The van der Waals surface area contributed by atoms with Gasteiger partial charge in [0.2, 0.25) is 0 Å². The van der Waals surface area contributed by atoms with Crippen LogP contribution in [0.25, 0.3) is 0 Å². The molecule has 3 rings (SSSR count). The molecule has 2 nitrogen and oxygen atoms in total. The summed E-state index contributed by atoms with van der Waals surface area (Å²) in [5.74, 6) is 1.06. The predicted molar refractivity (Wildman–Crippen MR) is 71.2 cm³/mol. The number of rotatable bonds is 2. The van der Waals surface area contributed by atoms with Crippen LogP contribution >= 0.6 is 0 Å². The van der Waals surface area contributed by atoms with E-state index in [0.717, 1.165) is 12.2 Å². The number of anilines is 1. The second kappa shape index (κ2) is 3.24. The molecule has 1 N–H and O–H groups in total. The monoisotopic (exact) mass is 230 g/mol. The molecule has 1 saturated carbocycles. The van der Waals surface area contributed by atoms with E-state index in [-0.39, 0.29) is 0 Å². The molecule has 0 unspecified atom stereocenters. The van der Waals surface area contributed by atoms with Gasteiger partial charge < -0.3 is 5.32 Å². The molecule has 17 heavy (non-hydrogen) atoms. The molecule has 1 aromatic heterocycles. The van der Waals surface area contributed by atoms with Crippen molar-refractivity contribution in [2.75, 3.05) is 5.32 Å². The molecule has 0 atom stereocenters. The summed E-state index contributed by atoms with van der Waals surface area (Å²) in [5, 5.41) is 3.62. The Bertz CT molecular complexity index is 446. The Kier molecular flexibility index (Phi) is 2.11. The Morgan fingerprint density at radius 2 is 1.82 bits per heavy atom. The van der Waals surface area contributed by atoms with E-state index in [4.69, 9.17) is 4.98 Å². The van der Waals surface area contributed by atoms with Crippen molar-refractivity contribution in [2.45, 2.75) is 53.0 Å². The Hall–Kier alpha value is -1.05. The average molecular weight is 230 g/mol. The minimum absolute atomic E-state index is 0.369. The Balaban J connectivity index is 1.79. The van der Waals surface area contributed by atoms with Crippen LogP contribution in [0.15, 0.2) is 12.1 Å². The third kappa shape index (κ3) is 1.50. The van der Waals surface area contributed by atoms with E-state index >= 15 is 0 Å². The van der Waals surface area contributed by atoms with Gasteiger partial charge in [0.05, 0.1) is 0 Å². The van der Waals surface area contributed by atoms with Gasteiger partial charge in [0.1, 0.15) is 5.82 Å². The van der Waals surface area contributed by atoms with Gasteiger partial charge in [0, 0.05) is 11.7 Å². The lowest BCUT2D eigenvalue weighted by atomic mass is 10.0. The highest BCUT2D eigenvalue weighted by molar-refractivity contribution is 5.45.